The van der Waals surface area contributed by atoms with E-state index in [4.69, 9.17) is 18.0 Å². The fraction of sp³-hybridized carbons (Fsp3) is 0.0667. The summed E-state index contributed by atoms with van der Waals surface area (Å²) in [4.78, 5) is 12.1. The van der Waals surface area contributed by atoms with Crippen LogP contribution in [0.1, 0.15) is 21.5 Å². The second-order valence-electron chi connectivity index (χ2n) is 4.35. The quantitative estimate of drug-likeness (QED) is 0.854. The largest absolute Gasteiger partial charge is 0.389 e. The van der Waals surface area contributed by atoms with E-state index in [0.29, 0.717) is 5.56 Å². The average Bonchev–Trinajstić information content (AvgIpc) is 2.48. The zero-order valence-corrected chi connectivity index (χ0v) is 11.7. The van der Waals surface area contributed by atoms with Gasteiger partial charge in [0, 0.05) is 12.1 Å². The standard InChI is InChI=1S/C15H12F2N2OS/c16-12-6-2-5-11(13(12)17)15(20)19-8-9-3-1-4-10(7-9)14(18)21/h1-7H,8H2,(H2,18,21)(H,19,20). The normalized spacial score (nSPS) is 10.2. The van der Waals surface area contributed by atoms with Crippen LogP contribution in [-0.4, -0.2) is 10.9 Å². The molecular weight excluding hydrogens is 294 g/mol. The van der Waals surface area contributed by atoms with Crippen LogP contribution in [0.15, 0.2) is 42.5 Å². The number of hydrogen-bond donors (Lipinski definition) is 2. The smallest absolute Gasteiger partial charge is 0.254 e. The Bertz CT molecular complexity index is 704. The van der Waals surface area contributed by atoms with Crippen molar-refractivity contribution in [2.24, 2.45) is 5.73 Å². The highest BCUT2D eigenvalue weighted by Gasteiger charge is 2.14. The van der Waals surface area contributed by atoms with Crippen LogP contribution in [0.5, 0.6) is 0 Å². The second kappa shape index (κ2) is 6.41. The average molecular weight is 306 g/mol. The molecule has 3 N–H and O–H groups in total. The number of carbonyl (C=O) groups excluding carboxylic acids is 1. The van der Waals surface area contributed by atoms with E-state index in [1.807, 2.05) is 0 Å². The summed E-state index contributed by atoms with van der Waals surface area (Å²) >= 11 is 4.86. The number of nitrogens with two attached hydrogens (primary N) is 1. The number of halogens is 2. The lowest BCUT2D eigenvalue weighted by molar-refractivity contribution is 0.0946. The van der Waals surface area contributed by atoms with E-state index in [-0.39, 0.29) is 17.1 Å². The Labute approximate surface area is 125 Å². The highest BCUT2D eigenvalue weighted by molar-refractivity contribution is 7.80. The van der Waals surface area contributed by atoms with E-state index in [1.54, 1.807) is 24.3 Å². The third-order valence-electron chi connectivity index (χ3n) is 2.86. The molecule has 0 fully saturated rings. The topological polar surface area (TPSA) is 55.1 Å². The zero-order valence-electron chi connectivity index (χ0n) is 10.9. The Morgan fingerprint density at radius 3 is 2.62 bits per heavy atom. The third kappa shape index (κ3) is 3.61. The number of benzene rings is 2. The lowest BCUT2D eigenvalue weighted by atomic mass is 10.1. The molecule has 0 aliphatic rings. The Kier molecular flexibility index (Phi) is 4.59. The van der Waals surface area contributed by atoms with Crippen LogP contribution < -0.4 is 11.1 Å². The van der Waals surface area contributed by atoms with Crippen molar-refractivity contribution in [3.63, 3.8) is 0 Å². The maximum absolute atomic E-state index is 13.5. The van der Waals surface area contributed by atoms with Gasteiger partial charge in [0.05, 0.1) is 5.56 Å². The summed E-state index contributed by atoms with van der Waals surface area (Å²) in [5.41, 5.74) is 6.62. The van der Waals surface area contributed by atoms with Crippen molar-refractivity contribution in [2.75, 3.05) is 0 Å². The van der Waals surface area contributed by atoms with E-state index in [1.165, 1.54) is 12.1 Å². The summed E-state index contributed by atoms with van der Waals surface area (Å²) < 4.78 is 26.5. The van der Waals surface area contributed by atoms with Crippen LogP contribution in [0.25, 0.3) is 0 Å². The van der Waals surface area contributed by atoms with Crippen molar-refractivity contribution in [3.05, 3.63) is 70.8 Å². The van der Waals surface area contributed by atoms with Crippen molar-refractivity contribution >= 4 is 23.1 Å². The fourth-order valence-corrected chi connectivity index (χ4v) is 1.92. The van der Waals surface area contributed by atoms with Crippen molar-refractivity contribution in [1.82, 2.24) is 5.32 Å². The molecule has 21 heavy (non-hydrogen) atoms. The zero-order chi connectivity index (χ0) is 15.4. The van der Waals surface area contributed by atoms with Crippen molar-refractivity contribution in [2.45, 2.75) is 6.54 Å². The molecule has 0 atom stereocenters. The molecule has 0 unspecified atom stereocenters. The number of amides is 1. The van der Waals surface area contributed by atoms with E-state index in [0.717, 1.165) is 11.6 Å². The van der Waals surface area contributed by atoms with Crippen LogP contribution >= 0.6 is 12.2 Å². The number of rotatable bonds is 4. The van der Waals surface area contributed by atoms with E-state index >= 15 is 0 Å². The van der Waals surface area contributed by atoms with Gasteiger partial charge in [-0.3, -0.25) is 4.79 Å². The van der Waals surface area contributed by atoms with Crippen molar-refractivity contribution in [1.29, 1.82) is 0 Å². The van der Waals surface area contributed by atoms with Gasteiger partial charge in [0.25, 0.3) is 5.91 Å². The summed E-state index contributed by atoms with van der Waals surface area (Å²) in [6.45, 7) is 0.158. The molecule has 0 heterocycles. The van der Waals surface area contributed by atoms with Gasteiger partial charge in [-0.25, -0.2) is 8.78 Å². The summed E-state index contributed by atoms with van der Waals surface area (Å²) in [6.07, 6.45) is 0. The molecule has 0 spiro atoms. The van der Waals surface area contributed by atoms with Gasteiger partial charge in [-0.05, 0) is 23.8 Å². The minimum Gasteiger partial charge on any atom is -0.389 e. The summed E-state index contributed by atoms with van der Waals surface area (Å²) in [7, 11) is 0. The van der Waals surface area contributed by atoms with Crippen LogP contribution in [0, 0.1) is 11.6 Å². The molecule has 0 bridgehead atoms. The molecule has 1 amide bonds. The maximum Gasteiger partial charge on any atom is 0.254 e. The Hall–Kier alpha value is -2.34. The van der Waals surface area contributed by atoms with Crippen molar-refractivity contribution in [3.8, 4) is 0 Å². The van der Waals surface area contributed by atoms with E-state index in [9.17, 15) is 13.6 Å². The number of thiocarbonyl (C=S) groups is 1. The van der Waals surface area contributed by atoms with E-state index in [2.05, 4.69) is 5.32 Å². The molecule has 0 aliphatic carbocycles. The predicted molar refractivity (Wildman–Crippen MR) is 79.9 cm³/mol. The highest BCUT2D eigenvalue weighted by Crippen LogP contribution is 2.11. The number of carbonyl (C=O) groups is 1. The van der Waals surface area contributed by atoms with Gasteiger partial charge < -0.3 is 11.1 Å². The second-order valence-corrected chi connectivity index (χ2v) is 4.79. The lowest BCUT2D eigenvalue weighted by Gasteiger charge is -2.08. The Balaban J connectivity index is 2.09. The first-order valence-electron chi connectivity index (χ1n) is 6.10. The molecule has 108 valence electrons. The van der Waals surface area contributed by atoms with Gasteiger partial charge in [-0.2, -0.15) is 0 Å². The molecule has 6 heteroatoms. The molecule has 0 saturated heterocycles. The van der Waals surface area contributed by atoms with Gasteiger partial charge in [-0.15, -0.1) is 0 Å². The maximum atomic E-state index is 13.5. The van der Waals surface area contributed by atoms with Gasteiger partial charge in [0.1, 0.15) is 4.99 Å². The molecule has 2 aromatic carbocycles. The number of hydrogen-bond acceptors (Lipinski definition) is 2. The van der Waals surface area contributed by atoms with Gasteiger partial charge >= 0.3 is 0 Å². The first-order chi connectivity index (χ1) is 9.99. The Morgan fingerprint density at radius 1 is 1.19 bits per heavy atom. The molecule has 3 nitrogen and oxygen atoms in total. The molecule has 2 aromatic rings. The van der Waals surface area contributed by atoms with Crippen LogP contribution in [0.3, 0.4) is 0 Å². The SMILES string of the molecule is NC(=S)c1cccc(CNC(=O)c2cccc(F)c2F)c1. The minimum atomic E-state index is -1.16. The van der Waals surface area contributed by atoms with Crippen LogP contribution in [0.4, 0.5) is 8.78 Å². The summed E-state index contributed by atoms with van der Waals surface area (Å²) in [5.74, 6) is -2.90. The van der Waals surface area contributed by atoms with Crippen LogP contribution in [-0.2, 0) is 6.54 Å². The minimum absolute atomic E-state index is 0.158. The summed E-state index contributed by atoms with van der Waals surface area (Å²) in [5, 5.41) is 2.52. The van der Waals surface area contributed by atoms with Gasteiger partial charge in [0.15, 0.2) is 11.6 Å². The van der Waals surface area contributed by atoms with Crippen molar-refractivity contribution < 1.29 is 13.6 Å². The molecule has 0 aromatic heterocycles. The number of nitrogens with one attached hydrogen (secondary N) is 1. The molecule has 0 radical (unpaired) electrons. The summed E-state index contributed by atoms with van der Waals surface area (Å²) in [6, 6.07) is 10.4. The van der Waals surface area contributed by atoms with Gasteiger partial charge in [0.2, 0.25) is 0 Å². The molecule has 0 saturated carbocycles. The monoisotopic (exact) mass is 306 g/mol. The third-order valence-corrected chi connectivity index (χ3v) is 3.10. The van der Waals surface area contributed by atoms with Gasteiger partial charge in [-0.1, -0.05) is 36.5 Å². The van der Waals surface area contributed by atoms with E-state index < -0.39 is 17.5 Å². The molecule has 2 rings (SSSR count). The van der Waals surface area contributed by atoms with Crippen LogP contribution in [0.2, 0.25) is 0 Å². The molecule has 0 aliphatic heterocycles. The first kappa shape index (κ1) is 15.1. The molecular formula is C15H12F2N2OS. The highest BCUT2D eigenvalue weighted by atomic mass is 32.1. The first-order valence-corrected chi connectivity index (χ1v) is 6.51. The fourth-order valence-electron chi connectivity index (χ4n) is 1.79. The lowest BCUT2D eigenvalue weighted by Crippen LogP contribution is -2.24. The Morgan fingerprint density at radius 2 is 1.90 bits per heavy atom. The predicted octanol–water partition coefficient (Wildman–Crippen LogP) is 2.53.